The van der Waals surface area contributed by atoms with Gasteiger partial charge in [-0.2, -0.15) is 4.31 Å². The summed E-state index contributed by atoms with van der Waals surface area (Å²) in [7, 11) is -0.788. The molecule has 0 amide bonds. The molecule has 0 atom stereocenters. The van der Waals surface area contributed by atoms with Crippen molar-refractivity contribution < 1.29 is 17.9 Å². The second kappa shape index (κ2) is 11.2. The lowest BCUT2D eigenvalue weighted by Crippen LogP contribution is -2.30. The van der Waals surface area contributed by atoms with Gasteiger partial charge in [-0.25, -0.2) is 13.4 Å². The number of sulfonamides is 1. The van der Waals surface area contributed by atoms with Gasteiger partial charge in [0.05, 0.1) is 25.3 Å². The second-order valence-corrected chi connectivity index (χ2v) is 10.2. The normalized spacial score (nSPS) is 11.5. The van der Waals surface area contributed by atoms with Gasteiger partial charge in [0.1, 0.15) is 0 Å². The van der Waals surface area contributed by atoms with Crippen molar-refractivity contribution in [1.82, 2.24) is 23.8 Å². The highest BCUT2D eigenvalue weighted by Gasteiger charge is 2.27. The maximum absolute atomic E-state index is 13.6. The van der Waals surface area contributed by atoms with Gasteiger partial charge in [-0.3, -0.25) is 14.8 Å². The summed E-state index contributed by atoms with van der Waals surface area (Å²) in [4.78, 5) is 24.0. The Hall–Kier alpha value is -3.89. The summed E-state index contributed by atoms with van der Waals surface area (Å²) < 4.78 is 34.8. The third kappa shape index (κ3) is 6.21. The van der Waals surface area contributed by atoms with E-state index in [1.165, 1.54) is 23.9 Å². The minimum Gasteiger partial charge on any atom is -0.469 e. The number of carbonyl (C=O) groups is 1. The molecule has 9 nitrogen and oxygen atoms in total. The number of aromatic nitrogens is 4. The van der Waals surface area contributed by atoms with Crippen molar-refractivity contribution in [2.45, 2.75) is 31.0 Å². The number of methoxy groups -OCH3 is 1. The van der Waals surface area contributed by atoms with E-state index >= 15 is 0 Å². The van der Waals surface area contributed by atoms with Gasteiger partial charge in [-0.1, -0.05) is 48.5 Å². The number of aryl methyl sites for hydroxylation is 2. The fourth-order valence-electron chi connectivity index (χ4n) is 3.75. The zero-order valence-corrected chi connectivity index (χ0v) is 20.9. The van der Waals surface area contributed by atoms with Crippen molar-refractivity contribution in [2.24, 2.45) is 7.05 Å². The molecule has 0 spiro atoms. The number of rotatable bonds is 10. The third-order valence-electron chi connectivity index (χ3n) is 5.65. The van der Waals surface area contributed by atoms with E-state index in [1.54, 1.807) is 30.2 Å². The molecule has 0 aliphatic rings. The highest BCUT2D eigenvalue weighted by Crippen LogP contribution is 2.23. The van der Waals surface area contributed by atoms with Gasteiger partial charge in [-0.15, -0.1) is 0 Å². The van der Waals surface area contributed by atoms with E-state index in [-0.39, 0.29) is 30.5 Å². The molecule has 0 saturated carbocycles. The predicted molar refractivity (Wildman–Crippen MR) is 134 cm³/mol. The van der Waals surface area contributed by atoms with E-state index in [4.69, 9.17) is 4.74 Å². The number of ether oxygens (including phenoxy) is 1. The first kappa shape index (κ1) is 25.2. The van der Waals surface area contributed by atoms with E-state index in [0.29, 0.717) is 6.42 Å². The van der Waals surface area contributed by atoms with Crippen molar-refractivity contribution >= 4 is 16.0 Å². The monoisotopic (exact) mass is 505 g/mol. The molecule has 4 aromatic rings. The Bertz CT molecular complexity index is 1420. The molecule has 2 aromatic carbocycles. The van der Waals surface area contributed by atoms with Crippen LogP contribution < -0.4 is 0 Å². The standard InChI is InChI=1S/C26H27N5O4S/c1-30-18-25(29-19-30)36(33,34)31(17-22-5-3-4-20(14-22)8-11-26(32)35-2)16-21-6-9-23(10-7-21)24-15-27-12-13-28-24/h3-7,9-10,12-15,18-19H,8,11,16-17H2,1-2H3. The first-order chi connectivity index (χ1) is 17.3. The van der Waals surface area contributed by atoms with Crippen LogP contribution in [0.2, 0.25) is 0 Å². The van der Waals surface area contributed by atoms with Crippen molar-refractivity contribution in [3.8, 4) is 11.3 Å². The molecule has 10 heteroatoms. The highest BCUT2D eigenvalue weighted by molar-refractivity contribution is 7.89. The van der Waals surface area contributed by atoms with E-state index in [9.17, 15) is 13.2 Å². The molecule has 36 heavy (non-hydrogen) atoms. The molecule has 2 heterocycles. The molecule has 2 aromatic heterocycles. The maximum atomic E-state index is 13.6. The quantitative estimate of drug-likeness (QED) is 0.304. The summed E-state index contributed by atoms with van der Waals surface area (Å²) in [6, 6.07) is 15.1. The Labute approximate surface area is 210 Å². The van der Waals surface area contributed by atoms with Crippen LogP contribution in [0.1, 0.15) is 23.1 Å². The van der Waals surface area contributed by atoms with Crippen molar-refractivity contribution in [1.29, 1.82) is 0 Å². The molecule has 0 aliphatic heterocycles. The molecule has 0 aliphatic carbocycles. The summed E-state index contributed by atoms with van der Waals surface area (Å²) in [5.74, 6) is -0.287. The van der Waals surface area contributed by atoms with Gasteiger partial charge in [-0.05, 0) is 23.1 Å². The first-order valence-corrected chi connectivity index (χ1v) is 12.8. The Kier molecular flexibility index (Phi) is 7.87. The zero-order valence-electron chi connectivity index (χ0n) is 20.1. The second-order valence-electron chi connectivity index (χ2n) is 8.33. The Morgan fingerprint density at radius 2 is 1.75 bits per heavy atom. The molecule has 0 saturated heterocycles. The molecule has 0 unspecified atom stereocenters. The van der Waals surface area contributed by atoms with Crippen molar-refractivity contribution in [3.63, 3.8) is 0 Å². The molecular formula is C26H27N5O4S. The number of nitrogens with zero attached hydrogens (tertiary/aromatic N) is 5. The van der Waals surface area contributed by atoms with Crippen LogP contribution in [0.15, 0.2) is 84.7 Å². The minimum absolute atomic E-state index is 0.0111. The molecule has 0 radical (unpaired) electrons. The number of benzene rings is 2. The average molecular weight is 506 g/mol. The van der Waals surface area contributed by atoms with Crippen LogP contribution in [0.4, 0.5) is 0 Å². The SMILES string of the molecule is COC(=O)CCc1cccc(CN(Cc2ccc(-c3cnccn3)cc2)S(=O)(=O)c2cn(C)cn2)c1. The third-order valence-corrected chi connectivity index (χ3v) is 7.33. The Morgan fingerprint density at radius 3 is 2.42 bits per heavy atom. The lowest BCUT2D eigenvalue weighted by Gasteiger charge is -2.22. The molecular weight excluding hydrogens is 478 g/mol. The van der Waals surface area contributed by atoms with E-state index in [0.717, 1.165) is 27.9 Å². The minimum atomic E-state index is -3.88. The van der Waals surface area contributed by atoms with E-state index in [2.05, 4.69) is 15.0 Å². The van der Waals surface area contributed by atoms with Gasteiger partial charge in [0, 0.05) is 50.7 Å². The van der Waals surface area contributed by atoms with Crippen LogP contribution in [0.5, 0.6) is 0 Å². The zero-order chi connectivity index (χ0) is 25.5. The number of hydrogen-bond acceptors (Lipinski definition) is 7. The summed E-state index contributed by atoms with van der Waals surface area (Å²) in [5, 5.41) is -0.0111. The van der Waals surface area contributed by atoms with Gasteiger partial charge < -0.3 is 9.30 Å². The predicted octanol–water partition coefficient (Wildman–Crippen LogP) is 3.37. The summed E-state index contributed by atoms with van der Waals surface area (Å²) in [5.41, 5.74) is 4.20. The average Bonchev–Trinajstić information content (AvgIpc) is 3.35. The molecule has 0 N–H and O–H groups in total. The smallest absolute Gasteiger partial charge is 0.305 e. The number of carbonyl (C=O) groups excluding carboxylic acids is 1. The molecule has 0 fully saturated rings. The van der Waals surface area contributed by atoms with E-state index < -0.39 is 10.0 Å². The van der Waals surface area contributed by atoms with Crippen LogP contribution in [-0.4, -0.2) is 45.3 Å². The fourth-order valence-corrected chi connectivity index (χ4v) is 5.13. The van der Waals surface area contributed by atoms with Crippen LogP contribution >= 0.6 is 0 Å². The van der Waals surface area contributed by atoms with E-state index in [1.807, 2.05) is 48.5 Å². The largest absolute Gasteiger partial charge is 0.469 e. The molecule has 186 valence electrons. The summed E-state index contributed by atoms with van der Waals surface area (Å²) in [6.45, 7) is 0.308. The molecule has 4 rings (SSSR count). The van der Waals surface area contributed by atoms with Crippen LogP contribution in [0, 0.1) is 0 Å². The fraction of sp³-hybridized carbons (Fsp3) is 0.231. The molecule has 0 bridgehead atoms. The lowest BCUT2D eigenvalue weighted by molar-refractivity contribution is -0.140. The van der Waals surface area contributed by atoms with Gasteiger partial charge in [0.15, 0.2) is 5.03 Å². The summed E-state index contributed by atoms with van der Waals surface area (Å²) >= 11 is 0. The number of imidazole rings is 1. The highest BCUT2D eigenvalue weighted by atomic mass is 32.2. The first-order valence-electron chi connectivity index (χ1n) is 11.3. The maximum Gasteiger partial charge on any atom is 0.305 e. The van der Waals surface area contributed by atoms with Crippen molar-refractivity contribution in [3.05, 3.63) is 96.3 Å². The topological polar surface area (TPSA) is 107 Å². The Balaban J connectivity index is 1.59. The Morgan fingerprint density at radius 1 is 1.00 bits per heavy atom. The van der Waals surface area contributed by atoms with Gasteiger partial charge in [0.2, 0.25) is 0 Å². The van der Waals surface area contributed by atoms with Gasteiger partial charge >= 0.3 is 5.97 Å². The van der Waals surface area contributed by atoms with Crippen LogP contribution in [0.3, 0.4) is 0 Å². The number of hydrogen-bond donors (Lipinski definition) is 0. The van der Waals surface area contributed by atoms with Crippen LogP contribution in [-0.2, 0) is 46.1 Å². The van der Waals surface area contributed by atoms with Crippen LogP contribution in [0.25, 0.3) is 11.3 Å². The number of esters is 1. The lowest BCUT2D eigenvalue weighted by atomic mass is 10.1. The van der Waals surface area contributed by atoms with Crippen molar-refractivity contribution in [2.75, 3.05) is 7.11 Å². The summed E-state index contributed by atoms with van der Waals surface area (Å²) in [6.07, 6.45) is 8.65. The van der Waals surface area contributed by atoms with Gasteiger partial charge in [0.25, 0.3) is 10.0 Å².